The fourth-order valence-corrected chi connectivity index (χ4v) is 2.46. The van der Waals surface area contributed by atoms with E-state index >= 15 is 0 Å². The van der Waals surface area contributed by atoms with Crippen LogP contribution in [0.15, 0.2) is 29.8 Å². The third kappa shape index (κ3) is 3.47. The van der Waals surface area contributed by atoms with Crippen molar-refractivity contribution < 1.29 is 24.0 Å². The molecule has 1 heterocycles. The minimum absolute atomic E-state index is 0.0269. The van der Waals surface area contributed by atoms with Gasteiger partial charge in [-0.05, 0) is 29.7 Å². The van der Waals surface area contributed by atoms with Crippen LogP contribution in [0.3, 0.4) is 0 Å². The first-order valence-corrected chi connectivity index (χ1v) is 6.86. The van der Waals surface area contributed by atoms with Crippen molar-refractivity contribution in [3.8, 4) is 0 Å². The number of benzene rings is 1. The molecule has 1 aromatic rings. The molecule has 0 saturated carbocycles. The van der Waals surface area contributed by atoms with Gasteiger partial charge in [0.25, 0.3) is 5.69 Å². The number of esters is 1. The molecule has 0 atom stereocenters. The monoisotopic (exact) mass is 320 g/mol. The summed E-state index contributed by atoms with van der Waals surface area (Å²) < 4.78 is 9.45. The summed E-state index contributed by atoms with van der Waals surface area (Å²) in [6, 6.07) is 5.93. The molecular formula is C15H16N2O6. The topological polar surface area (TPSA) is 99.0 Å². The molecule has 0 aliphatic carbocycles. The van der Waals surface area contributed by atoms with Gasteiger partial charge in [0.2, 0.25) is 0 Å². The fourth-order valence-electron chi connectivity index (χ4n) is 2.46. The number of rotatable bonds is 3. The molecule has 1 aliphatic heterocycles. The standard InChI is InChI=1S/C15H16N2O6/c1-22-14(18)13-9-16(15(19)23-2)8-7-12(13)10-3-5-11(6-4-10)17(20)21/h3-6H,7-9H2,1-2H3. The molecular weight excluding hydrogens is 304 g/mol. The molecule has 0 unspecified atom stereocenters. The van der Waals surface area contributed by atoms with E-state index in [1.165, 1.54) is 31.3 Å². The summed E-state index contributed by atoms with van der Waals surface area (Å²) in [5.74, 6) is -0.535. The molecule has 8 nitrogen and oxygen atoms in total. The average Bonchev–Trinajstić information content (AvgIpc) is 2.59. The Kier molecular flexibility index (Phi) is 4.95. The Hall–Kier alpha value is -2.90. The van der Waals surface area contributed by atoms with Crippen LogP contribution in [0.25, 0.3) is 5.57 Å². The number of carbonyl (C=O) groups is 2. The van der Waals surface area contributed by atoms with Gasteiger partial charge in [0.15, 0.2) is 0 Å². The molecule has 0 aromatic heterocycles. The van der Waals surface area contributed by atoms with Crippen LogP contribution in [0, 0.1) is 10.1 Å². The zero-order valence-corrected chi connectivity index (χ0v) is 12.8. The lowest BCUT2D eigenvalue weighted by molar-refractivity contribution is -0.384. The molecule has 23 heavy (non-hydrogen) atoms. The molecule has 0 N–H and O–H groups in total. The maximum Gasteiger partial charge on any atom is 0.409 e. The maximum absolute atomic E-state index is 12.0. The molecule has 8 heteroatoms. The molecule has 0 saturated heterocycles. The third-order valence-electron chi connectivity index (χ3n) is 3.64. The van der Waals surface area contributed by atoms with E-state index in [1.807, 2.05) is 0 Å². The van der Waals surface area contributed by atoms with Crippen molar-refractivity contribution in [2.24, 2.45) is 0 Å². The predicted molar refractivity (Wildman–Crippen MR) is 80.6 cm³/mol. The van der Waals surface area contributed by atoms with E-state index in [2.05, 4.69) is 4.74 Å². The van der Waals surface area contributed by atoms with Crippen LogP contribution in [-0.4, -0.2) is 49.2 Å². The van der Waals surface area contributed by atoms with E-state index in [0.717, 1.165) is 0 Å². The lowest BCUT2D eigenvalue weighted by Gasteiger charge is -2.29. The molecule has 0 bridgehead atoms. The Bertz CT molecular complexity index is 665. The molecule has 122 valence electrons. The molecule has 0 fully saturated rings. The Morgan fingerprint density at radius 2 is 1.83 bits per heavy atom. The minimum Gasteiger partial charge on any atom is -0.466 e. The Labute approximate surface area is 132 Å². The number of methoxy groups -OCH3 is 2. The van der Waals surface area contributed by atoms with E-state index in [4.69, 9.17) is 4.74 Å². The van der Waals surface area contributed by atoms with E-state index < -0.39 is 17.0 Å². The molecule has 1 amide bonds. The fraction of sp³-hybridized carbons (Fsp3) is 0.333. The van der Waals surface area contributed by atoms with E-state index in [9.17, 15) is 19.7 Å². The van der Waals surface area contributed by atoms with Gasteiger partial charge in [0.05, 0.1) is 31.3 Å². The molecule has 2 rings (SSSR count). The Balaban J connectivity index is 2.39. The van der Waals surface area contributed by atoms with Gasteiger partial charge in [-0.3, -0.25) is 10.1 Å². The summed E-state index contributed by atoms with van der Waals surface area (Å²) in [6.45, 7) is 0.463. The third-order valence-corrected chi connectivity index (χ3v) is 3.64. The van der Waals surface area contributed by atoms with Gasteiger partial charge < -0.3 is 14.4 Å². The van der Waals surface area contributed by atoms with Gasteiger partial charge in [0, 0.05) is 18.7 Å². The van der Waals surface area contributed by atoms with Gasteiger partial charge in [-0.25, -0.2) is 9.59 Å². The van der Waals surface area contributed by atoms with Gasteiger partial charge >= 0.3 is 12.1 Å². The number of nitro groups is 1. The van der Waals surface area contributed by atoms with Crippen molar-refractivity contribution in [3.05, 3.63) is 45.5 Å². The first-order chi connectivity index (χ1) is 11.0. The molecule has 1 aliphatic rings. The predicted octanol–water partition coefficient (Wildman–Crippen LogP) is 1.99. The molecule has 1 aromatic carbocycles. The Morgan fingerprint density at radius 3 is 2.35 bits per heavy atom. The lowest BCUT2D eigenvalue weighted by Crippen LogP contribution is -2.38. The summed E-state index contributed by atoms with van der Waals surface area (Å²) in [6.07, 6.45) is -0.0914. The van der Waals surface area contributed by atoms with Crippen LogP contribution in [0.1, 0.15) is 12.0 Å². The van der Waals surface area contributed by atoms with E-state index in [0.29, 0.717) is 29.7 Å². The maximum atomic E-state index is 12.0. The largest absolute Gasteiger partial charge is 0.466 e. The number of nitrogens with zero attached hydrogens (tertiary/aromatic N) is 2. The summed E-state index contributed by atoms with van der Waals surface area (Å²) in [4.78, 5) is 35.3. The smallest absolute Gasteiger partial charge is 0.409 e. The minimum atomic E-state index is -0.535. The van der Waals surface area contributed by atoms with Crippen LogP contribution in [0.4, 0.5) is 10.5 Å². The second kappa shape index (κ2) is 6.91. The summed E-state index contributed by atoms with van der Waals surface area (Å²) >= 11 is 0. The summed E-state index contributed by atoms with van der Waals surface area (Å²) in [5, 5.41) is 10.7. The second-order valence-electron chi connectivity index (χ2n) is 4.89. The van der Waals surface area contributed by atoms with Gasteiger partial charge in [-0.2, -0.15) is 0 Å². The molecule has 0 radical (unpaired) electrons. The van der Waals surface area contributed by atoms with Crippen molar-refractivity contribution in [2.45, 2.75) is 6.42 Å². The first-order valence-electron chi connectivity index (χ1n) is 6.86. The van der Waals surface area contributed by atoms with Crippen LogP contribution < -0.4 is 0 Å². The summed E-state index contributed by atoms with van der Waals surface area (Å²) in [7, 11) is 2.54. The highest BCUT2D eigenvalue weighted by atomic mass is 16.6. The van der Waals surface area contributed by atoms with Crippen LogP contribution in [0.2, 0.25) is 0 Å². The highest BCUT2D eigenvalue weighted by molar-refractivity contribution is 5.99. The van der Waals surface area contributed by atoms with Crippen molar-refractivity contribution in [1.82, 2.24) is 4.90 Å². The number of amides is 1. The zero-order valence-electron chi connectivity index (χ0n) is 12.8. The summed E-state index contributed by atoms with van der Waals surface area (Å²) in [5.41, 5.74) is 1.73. The van der Waals surface area contributed by atoms with Crippen LogP contribution in [0.5, 0.6) is 0 Å². The highest BCUT2D eigenvalue weighted by Gasteiger charge is 2.28. The van der Waals surface area contributed by atoms with Crippen molar-refractivity contribution in [3.63, 3.8) is 0 Å². The van der Waals surface area contributed by atoms with Crippen LogP contribution >= 0.6 is 0 Å². The van der Waals surface area contributed by atoms with Crippen molar-refractivity contribution in [2.75, 3.05) is 27.3 Å². The molecule has 0 spiro atoms. The first kappa shape index (κ1) is 16.5. The average molecular weight is 320 g/mol. The number of ether oxygens (including phenoxy) is 2. The number of carbonyl (C=O) groups excluding carboxylic acids is 2. The number of hydrogen-bond donors (Lipinski definition) is 0. The number of hydrogen-bond acceptors (Lipinski definition) is 6. The Morgan fingerprint density at radius 1 is 1.17 bits per heavy atom. The van der Waals surface area contributed by atoms with Crippen molar-refractivity contribution in [1.29, 1.82) is 0 Å². The van der Waals surface area contributed by atoms with Crippen LogP contribution in [-0.2, 0) is 14.3 Å². The zero-order chi connectivity index (χ0) is 17.0. The number of nitro benzene ring substituents is 1. The van der Waals surface area contributed by atoms with Gasteiger partial charge in [-0.1, -0.05) is 0 Å². The van der Waals surface area contributed by atoms with Gasteiger partial charge in [0.1, 0.15) is 0 Å². The van der Waals surface area contributed by atoms with Gasteiger partial charge in [-0.15, -0.1) is 0 Å². The van der Waals surface area contributed by atoms with E-state index in [-0.39, 0.29) is 12.2 Å². The van der Waals surface area contributed by atoms with Crippen molar-refractivity contribution >= 4 is 23.3 Å². The quantitative estimate of drug-likeness (QED) is 0.480. The normalized spacial score (nSPS) is 14.4. The second-order valence-corrected chi connectivity index (χ2v) is 4.89. The lowest BCUT2D eigenvalue weighted by atomic mass is 9.93. The van der Waals surface area contributed by atoms with E-state index in [1.54, 1.807) is 12.1 Å². The number of non-ortho nitro benzene ring substituents is 1. The highest BCUT2D eigenvalue weighted by Crippen LogP contribution is 2.29. The SMILES string of the molecule is COC(=O)C1=C(c2ccc([N+](=O)[O-])cc2)CCN(C(=O)OC)C1.